The van der Waals surface area contributed by atoms with Crippen molar-refractivity contribution in [3.8, 4) is 0 Å². The van der Waals surface area contributed by atoms with Crippen molar-refractivity contribution < 1.29 is 14.4 Å². The summed E-state index contributed by atoms with van der Waals surface area (Å²) in [6.45, 7) is 1.22. The molecule has 0 saturated heterocycles. The van der Waals surface area contributed by atoms with Gasteiger partial charge < -0.3 is 32.7 Å². The molecule has 190 valence electrons. The van der Waals surface area contributed by atoms with Crippen LogP contribution in [0.1, 0.15) is 12.0 Å². The molecule has 2 atom stereocenters. The molecule has 3 aromatic carbocycles. The number of nitrogens with one attached hydrogen (secondary N) is 2. The van der Waals surface area contributed by atoms with E-state index in [1.165, 1.54) is 4.90 Å². The number of carbonyl (C=O) groups excluding carboxylic acids is 3. The third kappa shape index (κ3) is 7.61. The number of nitrogens with zero attached hydrogens (tertiary/aromatic N) is 1. The van der Waals surface area contributed by atoms with Crippen molar-refractivity contribution >= 4 is 34.2 Å². The van der Waals surface area contributed by atoms with Gasteiger partial charge in [0, 0.05) is 38.3 Å². The van der Waals surface area contributed by atoms with E-state index in [2.05, 4.69) is 10.6 Å². The van der Waals surface area contributed by atoms with Crippen molar-refractivity contribution in [2.45, 2.75) is 24.9 Å². The largest absolute Gasteiger partial charge is 0.343 e. The monoisotopic (exact) mass is 490 g/mol. The van der Waals surface area contributed by atoms with Gasteiger partial charge in [0.1, 0.15) is 6.04 Å². The van der Waals surface area contributed by atoms with Crippen molar-refractivity contribution in [2.24, 2.45) is 17.2 Å². The van der Waals surface area contributed by atoms with Crippen molar-refractivity contribution in [1.29, 1.82) is 0 Å². The summed E-state index contributed by atoms with van der Waals surface area (Å²) in [6.07, 6.45) is 0.0509. The molecule has 36 heavy (non-hydrogen) atoms. The lowest BCUT2D eigenvalue weighted by atomic mass is 10.0. The van der Waals surface area contributed by atoms with Gasteiger partial charge in [-0.15, -0.1) is 0 Å². The number of hydrogen-bond acceptors (Lipinski definition) is 6. The third-order valence-corrected chi connectivity index (χ3v) is 5.81. The van der Waals surface area contributed by atoms with Crippen LogP contribution in [-0.2, 0) is 20.8 Å². The van der Waals surface area contributed by atoms with Gasteiger partial charge in [-0.25, -0.2) is 0 Å². The summed E-state index contributed by atoms with van der Waals surface area (Å²) in [7, 11) is 0. The maximum absolute atomic E-state index is 13.2. The summed E-state index contributed by atoms with van der Waals surface area (Å²) in [5.41, 5.74) is 18.7. The van der Waals surface area contributed by atoms with Gasteiger partial charge in [-0.2, -0.15) is 0 Å². The molecule has 0 aliphatic carbocycles. The first-order chi connectivity index (χ1) is 17.4. The second-order valence-electron chi connectivity index (χ2n) is 8.57. The molecule has 0 unspecified atom stereocenters. The second-order valence-corrected chi connectivity index (χ2v) is 8.57. The minimum Gasteiger partial charge on any atom is -0.343 e. The molecule has 0 radical (unpaired) electrons. The Morgan fingerprint density at radius 3 is 2.11 bits per heavy atom. The van der Waals surface area contributed by atoms with E-state index in [1.807, 2.05) is 72.8 Å². The van der Waals surface area contributed by atoms with Gasteiger partial charge in [-0.1, -0.05) is 60.7 Å². The van der Waals surface area contributed by atoms with E-state index < -0.39 is 18.0 Å². The number of benzene rings is 3. The summed E-state index contributed by atoms with van der Waals surface area (Å²) in [4.78, 5) is 40.2. The predicted molar refractivity (Wildman–Crippen MR) is 142 cm³/mol. The lowest BCUT2D eigenvalue weighted by Gasteiger charge is -2.24. The Balaban J connectivity index is 1.71. The molecule has 3 aromatic rings. The number of nitrogens with two attached hydrogens (primary N) is 3. The number of carbonyl (C=O) groups is 3. The van der Waals surface area contributed by atoms with Gasteiger partial charge in [0.05, 0.1) is 12.5 Å². The first kappa shape index (κ1) is 26.8. The summed E-state index contributed by atoms with van der Waals surface area (Å²) >= 11 is 0. The van der Waals surface area contributed by atoms with Crippen LogP contribution in [0.2, 0.25) is 0 Å². The maximum Gasteiger partial charge on any atom is 0.247 e. The zero-order chi connectivity index (χ0) is 25.9. The Bertz CT molecular complexity index is 1160. The van der Waals surface area contributed by atoms with Crippen molar-refractivity contribution in [3.63, 3.8) is 0 Å². The molecule has 0 aliphatic heterocycles. The van der Waals surface area contributed by atoms with Crippen LogP contribution in [0.15, 0.2) is 72.8 Å². The number of amides is 3. The highest BCUT2D eigenvalue weighted by atomic mass is 16.2. The standard InChI is InChI=1S/C27H34N6O3/c28-12-14-33(15-13-29)25(34)18-23(30)26(35)32-24(16-19-6-2-1-3-7-19)27(36)31-22-11-10-20-8-4-5-9-21(20)17-22/h1-11,17,23-24H,12-16,18,28-30H2,(H,31,36)(H,32,35)/t23-,24-/m0/s1. The van der Waals surface area contributed by atoms with Crippen LogP contribution in [-0.4, -0.2) is 60.9 Å². The van der Waals surface area contributed by atoms with Crippen LogP contribution in [0, 0.1) is 0 Å². The van der Waals surface area contributed by atoms with Crippen LogP contribution in [0.25, 0.3) is 10.8 Å². The fraction of sp³-hybridized carbons (Fsp3) is 0.296. The molecular formula is C27H34N6O3. The third-order valence-electron chi connectivity index (χ3n) is 5.81. The van der Waals surface area contributed by atoms with E-state index in [9.17, 15) is 14.4 Å². The van der Waals surface area contributed by atoms with Gasteiger partial charge in [0.2, 0.25) is 17.7 Å². The van der Waals surface area contributed by atoms with Gasteiger partial charge in [-0.3, -0.25) is 14.4 Å². The molecule has 0 fully saturated rings. The van der Waals surface area contributed by atoms with E-state index in [1.54, 1.807) is 0 Å². The average Bonchev–Trinajstić information content (AvgIpc) is 2.88. The van der Waals surface area contributed by atoms with Crippen LogP contribution in [0.4, 0.5) is 5.69 Å². The van der Waals surface area contributed by atoms with Gasteiger partial charge in [-0.05, 0) is 28.5 Å². The molecule has 0 bridgehead atoms. The Morgan fingerprint density at radius 2 is 1.44 bits per heavy atom. The molecule has 9 nitrogen and oxygen atoms in total. The predicted octanol–water partition coefficient (Wildman–Crippen LogP) is 0.969. The molecule has 8 N–H and O–H groups in total. The van der Waals surface area contributed by atoms with Gasteiger partial charge >= 0.3 is 0 Å². The fourth-order valence-electron chi connectivity index (χ4n) is 3.92. The van der Waals surface area contributed by atoms with Gasteiger partial charge in [0.25, 0.3) is 0 Å². The van der Waals surface area contributed by atoms with Gasteiger partial charge in [0.15, 0.2) is 0 Å². The summed E-state index contributed by atoms with van der Waals surface area (Å²) < 4.78 is 0. The molecular weight excluding hydrogens is 456 g/mol. The highest BCUT2D eigenvalue weighted by Crippen LogP contribution is 2.19. The summed E-state index contributed by atoms with van der Waals surface area (Å²) in [5.74, 6) is -1.28. The first-order valence-corrected chi connectivity index (χ1v) is 12.0. The minimum atomic E-state index is -1.12. The molecule has 3 amide bonds. The van der Waals surface area contributed by atoms with E-state index in [0.717, 1.165) is 16.3 Å². The summed E-state index contributed by atoms with van der Waals surface area (Å²) in [5, 5.41) is 7.67. The number of rotatable bonds is 12. The average molecular weight is 491 g/mol. The van der Waals surface area contributed by atoms with E-state index in [4.69, 9.17) is 17.2 Å². The normalized spacial score (nSPS) is 12.5. The quantitative estimate of drug-likeness (QED) is 0.255. The minimum absolute atomic E-state index is 0.212. The summed E-state index contributed by atoms with van der Waals surface area (Å²) in [6, 6.07) is 20.8. The second kappa shape index (κ2) is 13.3. The first-order valence-electron chi connectivity index (χ1n) is 12.0. The van der Waals surface area contributed by atoms with E-state index in [-0.39, 0.29) is 37.7 Å². The number of fused-ring (bicyclic) bond motifs is 1. The number of anilines is 1. The van der Waals surface area contributed by atoms with Crippen LogP contribution < -0.4 is 27.8 Å². The van der Waals surface area contributed by atoms with Crippen LogP contribution in [0.5, 0.6) is 0 Å². The van der Waals surface area contributed by atoms with E-state index in [0.29, 0.717) is 18.8 Å². The molecule has 0 aromatic heterocycles. The Labute approximate surface area is 211 Å². The topological polar surface area (TPSA) is 157 Å². The number of hydrogen-bond donors (Lipinski definition) is 5. The molecule has 3 rings (SSSR count). The molecule has 0 heterocycles. The molecule has 0 aliphatic rings. The molecule has 9 heteroatoms. The lowest BCUT2D eigenvalue weighted by Crippen LogP contribution is -2.52. The smallest absolute Gasteiger partial charge is 0.247 e. The van der Waals surface area contributed by atoms with Crippen molar-refractivity contribution in [2.75, 3.05) is 31.5 Å². The van der Waals surface area contributed by atoms with Crippen LogP contribution >= 0.6 is 0 Å². The zero-order valence-electron chi connectivity index (χ0n) is 20.2. The molecule has 0 saturated carbocycles. The SMILES string of the molecule is NCCN(CCN)C(=O)C[C@H](N)C(=O)N[C@@H](Cc1ccccc1)C(=O)Nc1ccc2ccccc2c1. The van der Waals surface area contributed by atoms with Crippen molar-refractivity contribution in [3.05, 3.63) is 78.4 Å². The van der Waals surface area contributed by atoms with Crippen molar-refractivity contribution in [1.82, 2.24) is 10.2 Å². The van der Waals surface area contributed by atoms with Crippen LogP contribution in [0.3, 0.4) is 0 Å². The van der Waals surface area contributed by atoms with E-state index >= 15 is 0 Å². The molecule has 0 spiro atoms. The highest BCUT2D eigenvalue weighted by molar-refractivity contribution is 6.00. The fourth-order valence-corrected chi connectivity index (χ4v) is 3.92. The maximum atomic E-state index is 13.2. The highest BCUT2D eigenvalue weighted by Gasteiger charge is 2.27. The Kier molecular flexibility index (Phi) is 9.93. The Hall–Kier alpha value is -3.79. The Morgan fingerprint density at radius 1 is 0.806 bits per heavy atom. The lowest BCUT2D eigenvalue weighted by molar-refractivity contribution is -0.134. The zero-order valence-corrected chi connectivity index (χ0v) is 20.2.